The number of nitrogens with zero attached hydrogens (tertiary/aromatic N) is 1. The van der Waals surface area contributed by atoms with Gasteiger partial charge in [0.15, 0.2) is 0 Å². The second kappa shape index (κ2) is 3.20. The fraction of sp³-hybridized carbons (Fsp3) is 0.286. The van der Waals surface area contributed by atoms with Gasteiger partial charge in [0.05, 0.1) is 0 Å². The van der Waals surface area contributed by atoms with Crippen LogP contribution in [0.25, 0.3) is 0 Å². The zero-order valence-electron chi connectivity index (χ0n) is 6.51. The Labute approximate surface area is 71.0 Å². The van der Waals surface area contributed by atoms with Crippen molar-refractivity contribution in [2.75, 3.05) is 0 Å². The molecule has 0 spiro atoms. The SMILES string of the molecule is CC(c1ccncc1)S(=O)(=O)O. The fourth-order valence-corrected chi connectivity index (χ4v) is 1.31. The van der Waals surface area contributed by atoms with Crippen molar-refractivity contribution in [3.63, 3.8) is 0 Å². The van der Waals surface area contributed by atoms with Crippen molar-refractivity contribution in [1.82, 2.24) is 4.98 Å². The fourth-order valence-electron chi connectivity index (χ4n) is 0.806. The van der Waals surface area contributed by atoms with Crippen LogP contribution in [-0.4, -0.2) is 18.0 Å². The van der Waals surface area contributed by atoms with E-state index in [4.69, 9.17) is 4.55 Å². The molecule has 1 aromatic rings. The maximum atomic E-state index is 10.7. The normalized spacial score (nSPS) is 14.2. The second-order valence-corrected chi connectivity index (χ2v) is 4.17. The molecule has 0 bridgehead atoms. The van der Waals surface area contributed by atoms with Crippen molar-refractivity contribution in [3.8, 4) is 0 Å². The lowest BCUT2D eigenvalue weighted by Crippen LogP contribution is -2.08. The largest absolute Gasteiger partial charge is 0.285 e. The summed E-state index contributed by atoms with van der Waals surface area (Å²) in [4.78, 5) is 3.73. The molecule has 1 rings (SSSR count). The molecule has 0 amide bonds. The molecule has 0 aliphatic carbocycles. The van der Waals surface area contributed by atoms with E-state index in [1.807, 2.05) is 0 Å². The van der Waals surface area contributed by atoms with E-state index < -0.39 is 15.4 Å². The van der Waals surface area contributed by atoms with Gasteiger partial charge in [-0.2, -0.15) is 8.42 Å². The second-order valence-electron chi connectivity index (χ2n) is 2.44. The quantitative estimate of drug-likeness (QED) is 0.702. The van der Waals surface area contributed by atoms with E-state index in [1.165, 1.54) is 19.3 Å². The molecule has 5 heteroatoms. The highest BCUT2D eigenvalue weighted by atomic mass is 32.2. The molecule has 1 aromatic heterocycles. The summed E-state index contributed by atoms with van der Waals surface area (Å²) in [6, 6.07) is 3.11. The predicted octanol–water partition coefficient (Wildman–Crippen LogP) is 1.03. The minimum Gasteiger partial charge on any atom is -0.285 e. The van der Waals surface area contributed by atoms with Gasteiger partial charge in [-0.3, -0.25) is 9.54 Å². The van der Waals surface area contributed by atoms with E-state index in [9.17, 15) is 8.42 Å². The highest BCUT2D eigenvalue weighted by molar-refractivity contribution is 7.86. The topological polar surface area (TPSA) is 67.3 Å². The molecule has 1 N–H and O–H groups in total. The van der Waals surface area contributed by atoms with Crippen molar-refractivity contribution in [3.05, 3.63) is 30.1 Å². The molecule has 0 aliphatic heterocycles. The maximum Gasteiger partial charge on any atom is 0.271 e. The van der Waals surface area contributed by atoms with E-state index in [0.29, 0.717) is 5.56 Å². The molecule has 0 aliphatic rings. The van der Waals surface area contributed by atoms with Crippen LogP contribution in [0, 0.1) is 0 Å². The third-order valence-electron chi connectivity index (χ3n) is 1.62. The van der Waals surface area contributed by atoms with Crippen molar-refractivity contribution >= 4 is 10.1 Å². The number of hydrogen-bond acceptors (Lipinski definition) is 3. The molecular weight excluding hydrogens is 178 g/mol. The van der Waals surface area contributed by atoms with Crippen LogP contribution in [0.4, 0.5) is 0 Å². The van der Waals surface area contributed by atoms with Gasteiger partial charge < -0.3 is 0 Å². The van der Waals surface area contributed by atoms with Gasteiger partial charge in [-0.1, -0.05) is 0 Å². The first-order chi connectivity index (χ1) is 5.52. The van der Waals surface area contributed by atoms with Crippen molar-refractivity contribution in [1.29, 1.82) is 0 Å². The van der Waals surface area contributed by atoms with Crippen LogP contribution in [0.1, 0.15) is 17.7 Å². The van der Waals surface area contributed by atoms with Crippen LogP contribution < -0.4 is 0 Å². The average Bonchev–Trinajstić information content (AvgIpc) is 2.03. The summed E-state index contributed by atoms with van der Waals surface area (Å²) >= 11 is 0. The van der Waals surface area contributed by atoms with Gasteiger partial charge in [0.1, 0.15) is 5.25 Å². The van der Waals surface area contributed by atoms with Gasteiger partial charge >= 0.3 is 0 Å². The Morgan fingerprint density at radius 2 is 1.92 bits per heavy atom. The Hall–Kier alpha value is -0.940. The van der Waals surface area contributed by atoms with Crippen LogP contribution in [0.15, 0.2) is 24.5 Å². The maximum absolute atomic E-state index is 10.7. The molecule has 0 aromatic carbocycles. The van der Waals surface area contributed by atoms with Gasteiger partial charge in [0.25, 0.3) is 10.1 Å². The van der Waals surface area contributed by atoms with Crippen LogP contribution in [0.2, 0.25) is 0 Å². The van der Waals surface area contributed by atoms with Gasteiger partial charge in [0.2, 0.25) is 0 Å². The van der Waals surface area contributed by atoms with E-state index in [0.717, 1.165) is 0 Å². The number of rotatable bonds is 2. The standard InChI is InChI=1S/C7H9NO3S/c1-6(12(9,10)11)7-2-4-8-5-3-7/h2-6H,1H3,(H,9,10,11). The Morgan fingerprint density at radius 3 is 2.33 bits per heavy atom. The van der Waals surface area contributed by atoms with Crippen LogP contribution >= 0.6 is 0 Å². The molecule has 66 valence electrons. The Balaban J connectivity index is 3.02. The Morgan fingerprint density at radius 1 is 1.42 bits per heavy atom. The summed E-state index contributed by atoms with van der Waals surface area (Å²) in [7, 11) is -3.98. The summed E-state index contributed by atoms with van der Waals surface area (Å²) in [5.74, 6) is 0. The lowest BCUT2D eigenvalue weighted by molar-refractivity contribution is 0.472. The summed E-state index contributed by atoms with van der Waals surface area (Å²) in [6.07, 6.45) is 2.97. The summed E-state index contributed by atoms with van der Waals surface area (Å²) < 4.78 is 30.0. The predicted molar refractivity (Wildman–Crippen MR) is 44.2 cm³/mol. The van der Waals surface area contributed by atoms with Gasteiger partial charge in [-0.15, -0.1) is 0 Å². The average molecular weight is 187 g/mol. The summed E-state index contributed by atoms with van der Waals surface area (Å²) in [5.41, 5.74) is 0.535. The molecule has 0 radical (unpaired) electrons. The molecule has 0 saturated heterocycles. The van der Waals surface area contributed by atoms with Gasteiger partial charge in [-0.25, -0.2) is 0 Å². The van der Waals surface area contributed by atoms with E-state index in [2.05, 4.69) is 4.98 Å². The van der Waals surface area contributed by atoms with Crippen molar-refractivity contribution in [2.24, 2.45) is 0 Å². The smallest absolute Gasteiger partial charge is 0.271 e. The van der Waals surface area contributed by atoms with Crippen LogP contribution in [0.3, 0.4) is 0 Å². The molecular formula is C7H9NO3S. The highest BCUT2D eigenvalue weighted by Gasteiger charge is 2.18. The van der Waals surface area contributed by atoms with Gasteiger partial charge in [0, 0.05) is 12.4 Å². The zero-order valence-corrected chi connectivity index (χ0v) is 7.32. The number of hydrogen-bond donors (Lipinski definition) is 1. The Kier molecular flexibility index (Phi) is 2.44. The first-order valence-corrected chi connectivity index (χ1v) is 4.88. The summed E-state index contributed by atoms with van der Waals surface area (Å²) in [6.45, 7) is 1.42. The summed E-state index contributed by atoms with van der Waals surface area (Å²) in [5, 5.41) is -0.888. The molecule has 0 fully saturated rings. The van der Waals surface area contributed by atoms with E-state index in [-0.39, 0.29) is 0 Å². The van der Waals surface area contributed by atoms with E-state index >= 15 is 0 Å². The first kappa shape index (κ1) is 9.15. The Bertz CT molecular complexity index is 346. The number of pyridine rings is 1. The molecule has 1 heterocycles. The molecule has 4 nitrogen and oxygen atoms in total. The minimum atomic E-state index is -3.98. The highest BCUT2D eigenvalue weighted by Crippen LogP contribution is 2.18. The van der Waals surface area contributed by atoms with Crippen LogP contribution in [-0.2, 0) is 10.1 Å². The van der Waals surface area contributed by atoms with Gasteiger partial charge in [-0.05, 0) is 24.6 Å². The third-order valence-corrected chi connectivity index (χ3v) is 2.79. The molecule has 1 atom stereocenters. The lowest BCUT2D eigenvalue weighted by Gasteiger charge is -2.06. The molecule has 0 saturated carbocycles. The molecule has 1 unspecified atom stereocenters. The van der Waals surface area contributed by atoms with Crippen molar-refractivity contribution < 1.29 is 13.0 Å². The minimum absolute atomic E-state index is 0.535. The number of aromatic nitrogens is 1. The van der Waals surface area contributed by atoms with E-state index in [1.54, 1.807) is 12.1 Å². The third kappa shape index (κ3) is 2.02. The monoisotopic (exact) mass is 187 g/mol. The van der Waals surface area contributed by atoms with Crippen molar-refractivity contribution in [2.45, 2.75) is 12.2 Å². The van der Waals surface area contributed by atoms with Crippen LogP contribution in [0.5, 0.6) is 0 Å². The zero-order chi connectivity index (χ0) is 9.19. The lowest BCUT2D eigenvalue weighted by atomic mass is 10.2. The first-order valence-electron chi connectivity index (χ1n) is 3.38. The molecule has 12 heavy (non-hydrogen) atoms.